The SMILES string of the molecule is COc1c(NCC2CC2C)nc[nH]c1=O. The minimum Gasteiger partial charge on any atom is -0.489 e. The third-order valence-electron chi connectivity index (χ3n) is 2.82. The van der Waals surface area contributed by atoms with Crippen molar-refractivity contribution < 1.29 is 4.74 Å². The van der Waals surface area contributed by atoms with Crippen molar-refractivity contribution in [3.8, 4) is 5.75 Å². The predicted octanol–water partition coefficient (Wildman–Crippen LogP) is 0.846. The first kappa shape index (κ1) is 10.0. The Morgan fingerprint density at radius 3 is 3.07 bits per heavy atom. The van der Waals surface area contributed by atoms with Crippen LogP contribution in [-0.2, 0) is 0 Å². The van der Waals surface area contributed by atoms with Crippen molar-refractivity contribution in [2.24, 2.45) is 11.8 Å². The quantitative estimate of drug-likeness (QED) is 0.771. The molecule has 2 atom stereocenters. The summed E-state index contributed by atoms with van der Waals surface area (Å²) in [6.45, 7) is 3.07. The molecule has 1 aromatic heterocycles. The minimum absolute atomic E-state index is 0.251. The smallest absolute Gasteiger partial charge is 0.295 e. The van der Waals surface area contributed by atoms with Gasteiger partial charge in [0.2, 0.25) is 5.75 Å². The van der Waals surface area contributed by atoms with Gasteiger partial charge < -0.3 is 15.0 Å². The van der Waals surface area contributed by atoms with Crippen molar-refractivity contribution in [1.82, 2.24) is 9.97 Å². The molecule has 0 aromatic carbocycles. The highest BCUT2D eigenvalue weighted by Gasteiger charge is 2.32. The lowest BCUT2D eigenvalue weighted by Gasteiger charge is -2.07. The summed E-state index contributed by atoms with van der Waals surface area (Å²) in [6, 6.07) is 0. The molecule has 5 heteroatoms. The number of nitrogens with zero attached hydrogens (tertiary/aromatic N) is 1. The first-order chi connectivity index (χ1) is 7.22. The van der Waals surface area contributed by atoms with Crippen LogP contribution in [0.3, 0.4) is 0 Å². The van der Waals surface area contributed by atoms with Gasteiger partial charge >= 0.3 is 0 Å². The Hall–Kier alpha value is -1.52. The van der Waals surface area contributed by atoms with Gasteiger partial charge in [-0.25, -0.2) is 4.98 Å². The Bertz CT molecular complexity index is 402. The number of nitrogens with one attached hydrogen (secondary N) is 2. The molecule has 0 aliphatic heterocycles. The summed E-state index contributed by atoms with van der Waals surface area (Å²) in [4.78, 5) is 17.9. The minimum atomic E-state index is -0.251. The number of anilines is 1. The second-order valence-corrected chi connectivity index (χ2v) is 3.97. The van der Waals surface area contributed by atoms with Crippen molar-refractivity contribution in [3.05, 3.63) is 16.7 Å². The molecule has 5 nitrogen and oxygen atoms in total. The fourth-order valence-electron chi connectivity index (χ4n) is 1.61. The van der Waals surface area contributed by atoms with Crippen LogP contribution in [0, 0.1) is 11.8 Å². The van der Waals surface area contributed by atoms with Crippen molar-refractivity contribution in [1.29, 1.82) is 0 Å². The Kier molecular flexibility index (Phi) is 2.62. The summed E-state index contributed by atoms with van der Waals surface area (Å²) < 4.78 is 4.99. The number of H-pyrrole nitrogens is 1. The Morgan fingerprint density at radius 1 is 1.73 bits per heavy atom. The van der Waals surface area contributed by atoms with E-state index in [2.05, 4.69) is 22.2 Å². The van der Waals surface area contributed by atoms with Crippen LogP contribution in [0.15, 0.2) is 11.1 Å². The zero-order valence-corrected chi connectivity index (χ0v) is 8.91. The van der Waals surface area contributed by atoms with Gasteiger partial charge in [0.05, 0.1) is 13.4 Å². The fourth-order valence-corrected chi connectivity index (χ4v) is 1.61. The van der Waals surface area contributed by atoms with Crippen LogP contribution in [0.1, 0.15) is 13.3 Å². The molecule has 2 N–H and O–H groups in total. The Labute approximate surface area is 87.9 Å². The van der Waals surface area contributed by atoms with E-state index in [-0.39, 0.29) is 11.3 Å². The maximum atomic E-state index is 11.3. The van der Waals surface area contributed by atoms with Crippen LogP contribution in [0.2, 0.25) is 0 Å². The van der Waals surface area contributed by atoms with Crippen LogP contribution in [0.4, 0.5) is 5.82 Å². The highest BCUT2D eigenvalue weighted by atomic mass is 16.5. The summed E-state index contributed by atoms with van der Waals surface area (Å²) in [7, 11) is 1.47. The summed E-state index contributed by atoms with van der Waals surface area (Å²) in [5.41, 5.74) is -0.251. The average Bonchev–Trinajstić information content (AvgIpc) is 2.92. The third kappa shape index (κ3) is 2.11. The zero-order valence-electron chi connectivity index (χ0n) is 8.91. The van der Waals surface area contributed by atoms with Gasteiger partial charge in [-0.1, -0.05) is 6.92 Å². The molecule has 1 aliphatic carbocycles. The summed E-state index contributed by atoms with van der Waals surface area (Å²) >= 11 is 0. The second kappa shape index (κ2) is 3.92. The highest BCUT2D eigenvalue weighted by Crippen LogP contribution is 2.37. The molecule has 1 fully saturated rings. The van der Waals surface area contributed by atoms with E-state index in [9.17, 15) is 4.79 Å². The molecule has 1 heterocycles. The lowest BCUT2D eigenvalue weighted by atomic mass is 10.3. The molecule has 82 valence electrons. The normalized spacial score (nSPS) is 23.6. The van der Waals surface area contributed by atoms with E-state index in [0.717, 1.165) is 12.5 Å². The van der Waals surface area contributed by atoms with Gasteiger partial charge in [-0.3, -0.25) is 4.79 Å². The maximum Gasteiger partial charge on any atom is 0.295 e. The first-order valence-corrected chi connectivity index (χ1v) is 5.08. The number of hydrogen-bond donors (Lipinski definition) is 2. The molecule has 15 heavy (non-hydrogen) atoms. The standard InChI is InChI=1S/C10H15N3O2/c1-6-3-7(6)4-11-9-8(15-2)10(14)13-5-12-9/h5-7H,3-4H2,1-2H3,(H2,11,12,13,14). The van der Waals surface area contributed by atoms with Gasteiger partial charge in [0, 0.05) is 6.54 Å². The molecular formula is C10H15N3O2. The van der Waals surface area contributed by atoms with Gasteiger partial charge in [-0.15, -0.1) is 0 Å². The molecule has 1 aliphatic rings. The Balaban J connectivity index is 2.06. The highest BCUT2D eigenvalue weighted by molar-refractivity contribution is 5.47. The molecular weight excluding hydrogens is 194 g/mol. The lowest BCUT2D eigenvalue weighted by molar-refractivity contribution is 0.408. The summed E-state index contributed by atoms with van der Waals surface area (Å²) in [5, 5.41) is 3.14. The van der Waals surface area contributed by atoms with E-state index in [0.29, 0.717) is 11.7 Å². The van der Waals surface area contributed by atoms with Crippen molar-refractivity contribution in [2.75, 3.05) is 19.0 Å². The summed E-state index contributed by atoms with van der Waals surface area (Å²) in [5.74, 6) is 2.27. The van der Waals surface area contributed by atoms with Crippen molar-refractivity contribution in [2.45, 2.75) is 13.3 Å². The van der Waals surface area contributed by atoms with Gasteiger partial charge in [0.15, 0.2) is 5.82 Å². The number of rotatable bonds is 4. The first-order valence-electron chi connectivity index (χ1n) is 5.08. The fraction of sp³-hybridized carbons (Fsp3) is 0.600. The van der Waals surface area contributed by atoms with E-state index < -0.39 is 0 Å². The molecule has 0 spiro atoms. The predicted molar refractivity (Wildman–Crippen MR) is 57.2 cm³/mol. The maximum absolute atomic E-state index is 11.3. The average molecular weight is 209 g/mol. The van der Waals surface area contributed by atoms with E-state index in [1.807, 2.05) is 0 Å². The van der Waals surface area contributed by atoms with Gasteiger partial charge in [0.1, 0.15) is 0 Å². The number of aromatic nitrogens is 2. The number of hydrogen-bond acceptors (Lipinski definition) is 4. The van der Waals surface area contributed by atoms with Crippen LogP contribution >= 0.6 is 0 Å². The monoisotopic (exact) mass is 209 g/mol. The second-order valence-electron chi connectivity index (χ2n) is 3.97. The molecule has 0 bridgehead atoms. The largest absolute Gasteiger partial charge is 0.489 e. The summed E-state index contributed by atoms with van der Waals surface area (Å²) in [6.07, 6.45) is 2.63. The number of aromatic amines is 1. The topological polar surface area (TPSA) is 67.0 Å². The molecule has 0 radical (unpaired) electrons. The molecule has 0 amide bonds. The van der Waals surface area contributed by atoms with Gasteiger partial charge in [-0.05, 0) is 18.3 Å². The van der Waals surface area contributed by atoms with Crippen LogP contribution in [0.25, 0.3) is 0 Å². The lowest BCUT2D eigenvalue weighted by Crippen LogP contribution is -2.15. The molecule has 0 saturated heterocycles. The van der Waals surface area contributed by atoms with Gasteiger partial charge in [0.25, 0.3) is 5.56 Å². The van der Waals surface area contributed by atoms with Crippen LogP contribution < -0.4 is 15.6 Å². The van der Waals surface area contributed by atoms with Crippen molar-refractivity contribution in [3.63, 3.8) is 0 Å². The Morgan fingerprint density at radius 2 is 2.47 bits per heavy atom. The molecule has 1 aromatic rings. The van der Waals surface area contributed by atoms with Crippen LogP contribution in [0.5, 0.6) is 5.75 Å². The van der Waals surface area contributed by atoms with Crippen molar-refractivity contribution >= 4 is 5.82 Å². The van der Waals surface area contributed by atoms with Gasteiger partial charge in [-0.2, -0.15) is 0 Å². The number of ether oxygens (including phenoxy) is 1. The molecule has 2 unspecified atom stereocenters. The van der Waals surface area contributed by atoms with Crippen LogP contribution in [-0.4, -0.2) is 23.6 Å². The van der Waals surface area contributed by atoms with E-state index >= 15 is 0 Å². The molecule has 1 saturated carbocycles. The zero-order chi connectivity index (χ0) is 10.8. The number of methoxy groups -OCH3 is 1. The molecule has 2 rings (SSSR count). The van der Waals surface area contributed by atoms with E-state index in [1.54, 1.807) is 0 Å². The van der Waals surface area contributed by atoms with E-state index in [4.69, 9.17) is 4.74 Å². The van der Waals surface area contributed by atoms with E-state index in [1.165, 1.54) is 19.9 Å². The third-order valence-corrected chi connectivity index (χ3v) is 2.82.